The van der Waals surface area contributed by atoms with Crippen molar-refractivity contribution in [2.45, 2.75) is 83.8 Å². The lowest BCUT2D eigenvalue weighted by molar-refractivity contribution is -0.138. The lowest BCUT2D eigenvalue weighted by Gasteiger charge is -2.28. The van der Waals surface area contributed by atoms with Gasteiger partial charge < -0.3 is 20.5 Å². The third-order valence-electron chi connectivity index (χ3n) is 5.00. The minimum Gasteiger partial charge on any atom is -0.444 e. The summed E-state index contributed by atoms with van der Waals surface area (Å²) in [5.41, 5.74) is -2.71. The second-order valence-electron chi connectivity index (χ2n) is 10.7. The summed E-state index contributed by atoms with van der Waals surface area (Å²) in [6, 6.07) is 3.70. The first-order valence-electron chi connectivity index (χ1n) is 11.7. The number of hydrogen-bond donors (Lipinski definition) is 3. The molecule has 7 nitrogen and oxygen atoms in total. The molecule has 2 aromatic rings. The first-order valence-corrected chi connectivity index (χ1v) is 11.7. The van der Waals surface area contributed by atoms with Gasteiger partial charge in [0.05, 0.1) is 29.0 Å². The molecule has 2 rings (SSSR count). The highest BCUT2D eigenvalue weighted by Gasteiger charge is 2.35. The summed E-state index contributed by atoms with van der Waals surface area (Å²) in [6.07, 6.45) is -6.72. The molecule has 2 unspecified atom stereocenters. The van der Waals surface area contributed by atoms with E-state index in [0.29, 0.717) is 18.2 Å². The topological polar surface area (TPSA) is 101 Å². The van der Waals surface area contributed by atoms with Crippen LogP contribution < -0.4 is 10.6 Å². The summed E-state index contributed by atoms with van der Waals surface area (Å²) in [7, 11) is 0. The van der Waals surface area contributed by atoms with Crippen LogP contribution in [0, 0.1) is 5.82 Å². The smallest absolute Gasteiger partial charge is 0.416 e. The van der Waals surface area contributed by atoms with Gasteiger partial charge in [0.15, 0.2) is 0 Å². The molecule has 0 spiro atoms. The molecule has 0 saturated heterocycles. The highest BCUT2D eigenvalue weighted by molar-refractivity contribution is 5.95. The van der Waals surface area contributed by atoms with Crippen LogP contribution in [0.3, 0.4) is 0 Å². The largest absolute Gasteiger partial charge is 0.444 e. The number of hydrogen-bond acceptors (Lipinski definition) is 5. The Morgan fingerprint density at radius 2 is 1.70 bits per heavy atom. The van der Waals surface area contributed by atoms with Crippen molar-refractivity contribution in [3.8, 4) is 0 Å². The summed E-state index contributed by atoms with van der Waals surface area (Å²) in [5.74, 6) is -1.36. The molecule has 0 aliphatic heterocycles. The van der Waals surface area contributed by atoms with Gasteiger partial charge in [-0.05, 0) is 83.9 Å². The van der Waals surface area contributed by atoms with Gasteiger partial charge in [-0.2, -0.15) is 13.2 Å². The fraction of sp³-hybridized carbons (Fsp3) is 0.500. The maximum atomic E-state index is 13.9. The summed E-state index contributed by atoms with van der Waals surface area (Å²) < 4.78 is 59.9. The molecule has 11 heteroatoms. The van der Waals surface area contributed by atoms with Crippen LogP contribution in [0.25, 0.3) is 0 Å². The number of nitrogens with zero attached hydrogens (tertiary/aromatic N) is 1. The number of alkyl halides is 3. The van der Waals surface area contributed by atoms with Crippen molar-refractivity contribution in [2.75, 3.05) is 0 Å². The molecule has 2 atom stereocenters. The third-order valence-corrected chi connectivity index (χ3v) is 5.00. The molecular weight excluding hydrogens is 494 g/mol. The van der Waals surface area contributed by atoms with E-state index in [-0.39, 0.29) is 17.7 Å². The monoisotopic (exact) mass is 527 g/mol. The van der Waals surface area contributed by atoms with Crippen molar-refractivity contribution >= 4 is 12.0 Å². The van der Waals surface area contributed by atoms with Crippen LogP contribution in [0.1, 0.15) is 68.7 Å². The van der Waals surface area contributed by atoms with Crippen LogP contribution in [0.5, 0.6) is 0 Å². The molecule has 0 saturated carbocycles. The molecule has 0 fully saturated rings. The van der Waals surface area contributed by atoms with E-state index in [1.54, 1.807) is 41.5 Å². The van der Waals surface area contributed by atoms with E-state index in [9.17, 15) is 32.3 Å². The van der Waals surface area contributed by atoms with Crippen molar-refractivity contribution in [2.24, 2.45) is 0 Å². The van der Waals surface area contributed by atoms with E-state index in [0.717, 1.165) is 0 Å². The molecule has 1 aromatic carbocycles. The summed E-state index contributed by atoms with van der Waals surface area (Å²) in [5, 5.41) is 16.2. The van der Waals surface area contributed by atoms with Gasteiger partial charge in [0.25, 0.3) is 5.91 Å². The molecule has 0 aliphatic carbocycles. The average molecular weight is 528 g/mol. The van der Waals surface area contributed by atoms with Crippen LogP contribution in [-0.4, -0.2) is 45.4 Å². The SMILES string of the molecule is CC(C)(C)NC(=O)c1cccnc1CC(O)C(Cc1cc(F)ccc1C(F)(F)F)NC(=O)OC(C)(C)C. The Labute approximate surface area is 213 Å². The Morgan fingerprint density at radius 3 is 2.27 bits per heavy atom. The lowest BCUT2D eigenvalue weighted by Crippen LogP contribution is -2.48. The number of alkyl carbamates (subject to hydrolysis) is 1. The van der Waals surface area contributed by atoms with Gasteiger partial charge in [0, 0.05) is 18.2 Å². The predicted octanol–water partition coefficient (Wildman–Crippen LogP) is 4.81. The number of aromatic nitrogens is 1. The Balaban J connectivity index is 2.42. The van der Waals surface area contributed by atoms with Crippen molar-refractivity contribution in [3.63, 3.8) is 0 Å². The Morgan fingerprint density at radius 1 is 1.05 bits per heavy atom. The summed E-state index contributed by atoms with van der Waals surface area (Å²) in [4.78, 5) is 29.4. The minimum absolute atomic E-state index is 0.161. The number of pyridine rings is 1. The lowest BCUT2D eigenvalue weighted by atomic mass is 9.93. The van der Waals surface area contributed by atoms with E-state index in [1.807, 2.05) is 0 Å². The van der Waals surface area contributed by atoms with Crippen molar-refractivity contribution in [1.82, 2.24) is 15.6 Å². The van der Waals surface area contributed by atoms with Crippen molar-refractivity contribution in [1.29, 1.82) is 0 Å². The first kappa shape index (κ1) is 30.0. The number of nitrogens with one attached hydrogen (secondary N) is 2. The maximum absolute atomic E-state index is 13.9. The van der Waals surface area contributed by atoms with Gasteiger partial charge >= 0.3 is 12.3 Å². The Bertz CT molecular complexity index is 1110. The van der Waals surface area contributed by atoms with E-state index >= 15 is 0 Å². The quantitative estimate of drug-likeness (QED) is 0.449. The zero-order valence-corrected chi connectivity index (χ0v) is 21.7. The molecule has 0 radical (unpaired) electrons. The van der Waals surface area contributed by atoms with Gasteiger partial charge in [0.2, 0.25) is 0 Å². The molecule has 1 heterocycles. The highest BCUT2D eigenvalue weighted by Crippen LogP contribution is 2.33. The van der Waals surface area contributed by atoms with Gasteiger partial charge in [-0.3, -0.25) is 9.78 Å². The van der Waals surface area contributed by atoms with Crippen LogP contribution in [0.15, 0.2) is 36.5 Å². The summed E-state index contributed by atoms with van der Waals surface area (Å²) in [6.45, 7) is 10.1. The Hall–Kier alpha value is -3.21. The van der Waals surface area contributed by atoms with Crippen LogP contribution in [0.4, 0.5) is 22.4 Å². The number of ether oxygens (including phenoxy) is 1. The zero-order chi connectivity index (χ0) is 28.2. The number of amides is 2. The normalized spacial score (nSPS) is 14.0. The number of carbonyl (C=O) groups excluding carboxylic acids is 2. The third kappa shape index (κ3) is 9.64. The standard InChI is InChI=1S/C26H33F4N3O4/c1-24(2,3)33-22(35)17-8-7-11-31-19(17)14-21(34)20(32-23(36)37-25(4,5)6)13-15-12-16(27)9-10-18(15)26(28,29)30/h7-12,20-21,34H,13-14H2,1-6H3,(H,32,36)(H,33,35). The molecule has 1 aromatic heterocycles. The van der Waals surface area contributed by atoms with Gasteiger partial charge in [0.1, 0.15) is 11.4 Å². The minimum atomic E-state index is -4.79. The van der Waals surface area contributed by atoms with Crippen LogP contribution in [0.2, 0.25) is 0 Å². The van der Waals surface area contributed by atoms with Crippen molar-refractivity contribution in [3.05, 3.63) is 64.7 Å². The second-order valence-corrected chi connectivity index (χ2v) is 10.7. The number of benzene rings is 1. The maximum Gasteiger partial charge on any atom is 0.416 e. The molecule has 0 bridgehead atoms. The van der Waals surface area contributed by atoms with E-state index < -0.39 is 64.8 Å². The molecule has 0 aliphatic rings. The number of rotatable bonds is 7. The second kappa shape index (κ2) is 11.5. The van der Waals surface area contributed by atoms with Crippen LogP contribution in [-0.2, 0) is 23.8 Å². The highest BCUT2D eigenvalue weighted by atomic mass is 19.4. The summed E-state index contributed by atoms with van der Waals surface area (Å²) >= 11 is 0. The number of halogens is 4. The predicted molar refractivity (Wildman–Crippen MR) is 129 cm³/mol. The molecule has 2 amide bonds. The van der Waals surface area contributed by atoms with Gasteiger partial charge in [-0.1, -0.05) is 0 Å². The molecular formula is C26H33F4N3O4. The Kier molecular flexibility index (Phi) is 9.29. The van der Waals surface area contributed by atoms with Crippen LogP contribution >= 0.6 is 0 Å². The fourth-order valence-corrected chi connectivity index (χ4v) is 3.54. The van der Waals surface area contributed by atoms with E-state index in [4.69, 9.17) is 4.74 Å². The van der Waals surface area contributed by atoms with Gasteiger partial charge in [-0.15, -0.1) is 0 Å². The van der Waals surface area contributed by atoms with Crippen molar-refractivity contribution < 1.29 is 37.0 Å². The number of aliphatic hydroxyl groups is 1. The number of carbonyl (C=O) groups is 2. The first-order chi connectivity index (χ1) is 16.9. The average Bonchev–Trinajstić information content (AvgIpc) is 2.70. The molecule has 37 heavy (non-hydrogen) atoms. The zero-order valence-electron chi connectivity index (χ0n) is 21.7. The van der Waals surface area contributed by atoms with E-state index in [2.05, 4.69) is 15.6 Å². The van der Waals surface area contributed by atoms with Gasteiger partial charge in [-0.25, -0.2) is 9.18 Å². The number of aliphatic hydroxyl groups excluding tert-OH is 1. The molecule has 204 valence electrons. The fourth-order valence-electron chi connectivity index (χ4n) is 3.54. The molecule has 3 N–H and O–H groups in total. The van der Waals surface area contributed by atoms with E-state index in [1.165, 1.54) is 18.3 Å².